The fourth-order valence-corrected chi connectivity index (χ4v) is 2.52. The van der Waals surface area contributed by atoms with Crippen molar-refractivity contribution in [3.8, 4) is 0 Å². The predicted octanol–water partition coefficient (Wildman–Crippen LogP) is 5.60. The Morgan fingerprint density at radius 3 is 2.60 bits per heavy atom. The molecule has 0 fully saturated rings. The first kappa shape index (κ1) is 15.0. The molecule has 0 bridgehead atoms. The Morgan fingerprint density at radius 1 is 1.20 bits per heavy atom. The first-order valence-electron chi connectivity index (χ1n) is 6.49. The minimum atomic E-state index is -0.568. The van der Waals surface area contributed by atoms with E-state index in [0.717, 1.165) is 16.5 Å². The SMILES string of the molecule is CCC(Nc1c(F)ccc(C)c1F)c1cccc(Br)c1. The molecule has 4 heteroatoms. The first-order valence-corrected chi connectivity index (χ1v) is 7.28. The van der Waals surface area contributed by atoms with Crippen molar-refractivity contribution in [3.63, 3.8) is 0 Å². The zero-order chi connectivity index (χ0) is 14.7. The topological polar surface area (TPSA) is 12.0 Å². The Bertz CT molecular complexity index is 613. The second kappa shape index (κ2) is 6.35. The normalized spacial score (nSPS) is 12.2. The van der Waals surface area contributed by atoms with E-state index in [0.29, 0.717) is 5.56 Å². The summed E-state index contributed by atoms with van der Waals surface area (Å²) >= 11 is 3.41. The zero-order valence-corrected chi connectivity index (χ0v) is 13.0. The fraction of sp³-hybridized carbons (Fsp3) is 0.250. The molecule has 2 aromatic rings. The summed E-state index contributed by atoms with van der Waals surface area (Å²) in [7, 11) is 0. The van der Waals surface area contributed by atoms with Crippen molar-refractivity contribution in [2.45, 2.75) is 26.3 Å². The van der Waals surface area contributed by atoms with Gasteiger partial charge >= 0.3 is 0 Å². The number of anilines is 1. The molecular formula is C16H16BrF2N. The molecule has 0 saturated carbocycles. The van der Waals surface area contributed by atoms with Crippen molar-refractivity contribution >= 4 is 21.6 Å². The van der Waals surface area contributed by atoms with Crippen molar-refractivity contribution in [1.29, 1.82) is 0 Å². The van der Waals surface area contributed by atoms with E-state index in [1.807, 2.05) is 31.2 Å². The van der Waals surface area contributed by atoms with Gasteiger partial charge in [-0.3, -0.25) is 0 Å². The highest BCUT2D eigenvalue weighted by Gasteiger charge is 2.16. The lowest BCUT2D eigenvalue weighted by Gasteiger charge is -2.20. The van der Waals surface area contributed by atoms with Gasteiger partial charge in [-0.1, -0.05) is 41.1 Å². The second-order valence-corrected chi connectivity index (χ2v) is 5.63. The van der Waals surface area contributed by atoms with Crippen LogP contribution in [0.15, 0.2) is 40.9 Å². The van der Waals surface area contributed by atoms with Crippen LogP contribution in [-0.4, -0.2) is 0 Å². The van der Waals surface area contributed by atoms with E-state index in [1.54, 1.807) is 6.92 Å². The summed E-state index contributed by atoms with van der Waals surface area (Å²) in [5, 5.41) is 2.98. The lowest BCUT2D eigenvalue weighted by Crippen LogP contribution is -2.12. The zero-order valence-electron chi connectivity index (χ0n) is 11.4. The molecule has 0 radical (unpaired) electrons. The molecule has 1 N–H and O–H groups in total. The third-order valence-corrected chi connectivity index (χ3v) is 3.76. The summed E-state index contributed by atoms with van der Waals surface area (Å²) in [6, 6.07) is 10.3. The maximum absolute atomic E-state index is 14.0. The van der Waals surface area contributed by atoms with Gasteiger partial charge in [0, 0.05) is 4.47 Å². The molecule has 20 heavy (non-hydrogen) atoms. The third kappa shape index (κ3) is 3.18. The van der Waals surface area contributed by atoms with Crippen LogP contribution in [0.3, 0.4) is 0 Å². The highest BCUT2D eigenvalue weighted by atomic mass is 79.9. The highest BCUT2D eigenvalue weighted by Crippen LogP contribution is 2.29. The molecule has 0 spiro atoms. The molecular weight excluding hydrogens is 324 g/mol. The van der Waals surface area contributed by atoms with Gasteiger partial charge in [0.2, 0.25) is 0 Å². The van der Waals surface area contributed by atoms with Crippen molar-refractivity contribution in [3.05, 3.63) is 63.6 Å². The van der Waals surface area contributed by atoms with Crippen molar-refractivity contribution in [2.75, 3.05) is 5.32 Å². The molecule has 2 rings (SSSR count). The summed E-state index contributed by atoms with van der Waals surface area (Å²) in [6.45, 7) is 3.60. The fourth-order valence-electron chi connectivity index (χ4n) is 2.11. The largest absolute Gasteiger partial charge is 0.373 e. The summed E-state index contributed by atoms with van der Waals surface area (Å²) in [5.74, 6) is -1.10. The maximum Gasteiger partial charge on any atom is 0.152 e. The molecule has 1 atom stereocenters. The molecule has 2 aromatic carbocycles. The molecule has 1 unspecified atom stereocenters. The summed E-state index contributed by atoms with van der Waals surface area (Å²) in [5.41, 5.74) is 1.36. The lowest BCUT2D eigenvalue weighted by molar-refractivity contribution is 0.575. The van der Waals surface area contributed by atoms with Crippen molar-refractivity contribution in [2.24, 2.45) is 0 Å². The van der Waals surface area contributed by atoms with Gasteiger partial charge in [0.1, 0.15) is 11.5 Å². The first-order chi connectivity index (χ1) is 9.52. The van der Waals surface area contributed by atoms with Gasteiger partial charge in [-0.05, 0) is 42.7 Å². The number of nitrogens with one attached hydrogen (secondary N) is 1. The Balaban J connectivity index is 2.34. The van der Waals surface area contributed by atoms with E-state index in [4.69, 9.17) is 0 Å². The molecule has 0 aliphatic heterocycles. The maximum atomic E-state index is 14.0. The highest BCUT2D eigenvalue weighted by molar-refractivity contribution is 9.10. The number of benzene rings is 2. The van der Waals surface area contributed by atoms with E-state index in [1.165, 1.54) is 12.1 Å². The van der Waals surface area contributed by atoms with Gasteiger partial charge in [-0.25, -0.2) is 8.78 Å². The Kier molecular flexibility index (Phi) is 4.76. The standard InChI is InChI=1S/C16H16BrF2N/c1-3-14(11-5-4-6-12(17)9-11)20-16-13(18)8-7-10(2)15(16)19/h4-9,14,20H,3H2,1-2H3. The number of halogens is 3. The van der Waals surface area contributed by atoms with E-state index in [9.17, 15) is 8.78 Å². The molecule has 0 saturated heterocycles. The van der Waals surface area contributed by atoms with Crippen molar-refractivity contribution < 1.29 is 8.78 Å². The number of aryl methyl sites for hydroxylation is 1. The van der Waals surface area contributed by atoms with Gasteiger partial charge in [-0.15, -0.1) is 0 Å². The molecule has 0 aliphatic carbocycles. The van der Waals surface area contributed by atoms with Crippen molar-refractivity contribution in [1.82, 2.24) is 0 Å². The van der Waals surface area contributed by atoms with Gasteiger partial charge in [0.25, 0.3) is 0 Å². The summed E-state index contributed by atoms with van der Waals surface area (Å²) < 4.78 is 28.8. The van der Waals surface area contributed by atoms with E-state index < -0.39 is 11.6 Å². The van der Waals surface area contributed by atoms with Gasteiger partial charge in [0.15, 0.2) is 5.82 Å². The molecule has 106 valence electrons. The van der Waals surface area contributed by atoms with Crippen LogP contribution in [0.5, 0.6) is 0 Å². The van der Waals surface area contributed by atoms with Gasteiger partial charge < -0.3 is 5.32 Å². The molecule has 1 nitrogen and oxygen atoms in total. The lowest BCUT2D eigenvalue weighted by atomic mass is 10.0. The van der Waals surface area contributed by atoms with E-state index >= 15 is 0 Å². The van der Waals surface area contributed by atoms with Crippen LogP contribution in [-0.2, 0) is 0 Å². The molecule has 0 amide bonds. The third-order valence-electron chi connectivity index (χ3n) is 3.26. The Hall–Kier alpha value is -1.42. The average molecular weight is 340 g/mol. The monoisotopic (exact) mass is 339 g/mol. The molecule has 0 aliphatic rings. The number of rotatable bonds is 4. The smallest absolute Gasteiger partial charge is 0.152 e. The van der Waals surface area contributed by atoms with Crippen LogP contribution in [0.2, 0.25) is 0 Å². The number of hydrogen-bond donors (Lipinski definition) is 1. The average Bonchev–Trinajstić information content (AvgIpc) is 2.43. The summed E-state index contributed by atoms with van der Waals surface area (Å²) in [4.78, 5) is 0. The van der Waals surface area contributed by atoms with Crippen LogP contribution in [0, 0.1) is 18.6 Å². The van der Waals surface area contributed by atoms with Crippen LogP contribution >= 0.6 is 15.9 Å². The Labute approximate surface area is 126 Å². The summed E-state index contributed by atoms with van der Waals surface area (Å²) in [6.07, 6.45) is 0.725. The second-order valence-electron chi connectivity index (χ2n) is 4.71. The van der Waals surface area contributed by atoms with Crippen LogP contribution in [0.4, 0.5) is 14.5 Å². The molecule has 0 heterocycles. The van der Waals surface area contributed by atoms with E-state index in [-0.39, 0.29) is 11.7 Å². The van der Waals surface area contributed by atoms with Crippen LogP contribution in [0.25, 0.3) is 0 Å². The van der Waals surface area contributed by atoms with Gasteiger partial charge in [-0.2, -0.15) is 0 Å². The van der Waals surface area contributed by atoms with Gasteiger partial charge in [0.05, 0.1) is 6.04 Å². The van der Waals surface area contributed by atoms with E-state index in [2.05, 4.69) is 21.2 Å². The quantitative estimate of drug-likeness (QED) is 0.764. The number of hydrogen-bond acceptors (Lipinski definition) is 1. The van der Waals surface area contributed by atoms with Crippen LogP contribution in [0.1, 0.15) is 30.5 Å². The Morgan fingerprint density at radius 2 is 1.95 bits per heavy atom. The molecule has 0 aromatic heterocycles. The minimum absolute atomic E-state index is 0.0585. The predicted molar refractivity (Wildman–Crippen MR) is 81.9 cm³/mol. The van der Waals surface area contributed by atoms with Crippen LogP contribution < -0.4 is 5.32 Å². The minimum Gasteiger partial charge on any atom is -0.373 e.